The number of nitrogens with zero attached hydrogens (tertiary/aromatic N) is 1. The highest BCUT2D eigenvalue weighted by Gasteiger charge is 2.34. The van der Waals surface area contributed by atoms with Crippen molar-refractivity contribution in [3.63, 3.8) is 0 Å². The van der Waals surface area contributed by atoms with Crippen molar-refractivity contribution >= 4 is 33.5 Å². The summed E-state index contributed by atoms with van der Waals surface area (Å²) in [5.74, 6) is -0.722. The second kappa shape index (κ2) is 5.06. The lowest BCUT2D eigenvalue weighted by Gasteiger charge is -2.33. The lowest BCUT2D eigenvalue weighted by Crippen LogP contribution is -2.46. The van der Waals surface area contributed by atoms with Gasteiger partial charge in [0.2, 0.25) is 0 Å². The number of carbonyl (C=O) groups is 2. The summed E-state index contributed by atoms with van der Waals surface area (Å²) in [6.07, 6.45) is 0.740. The number of amides is 1. The average molecular weight is 342 g/mol. The Kier molecular flexibility index (Phi) is 3.39. The largest absolute Gasteiger partial charge is 0.482 e. The van der Waals surface area contributed by atoms with E-state index < -0.39 is 5.97 Å². The fourth-order valence-electron chi connectivity index (χ4n) is 2.48. The molecule has 7 heteroatoms. The number of hydrogen-bond donors (Lipinski definition) is 1. The van der Waals surface area contributed by atoms with E-state index in [4.69, 9.17) is 9.47 Å². The van der Waals surface area contributed by atoms with Gasteiger partial charge < -0.3 is 19.5 Å². The number of carboxylic acids is 1. The van der Waals surface area contributed by atoms with Crippen LogP contribution in [0, 0.1) is 0 Å². The molecule has 1 atom stereocenters. The average Bonchev–Trinajstić information content (AvgIpc) is 2.91. The van der Waals surface area contributed by atoms with Gasteiger partial charge in [0.05, 0.1) is 23.9 Å². The second-order valence-electron chi connectivity index (χ2n) is 4.67. The van der Waals surface area contributed by atoms with E-state index in [0.717, 1.165) is 6.42 Å². The third-order valence-electron chi connectivity index (χ3n) is 3.43. The van der Waals surface area contributed by atoms with Crippen molar-refractivity contribution in [1.29, 1.82) is 0 Å². The molecule has 2 heterocycles. The Bertz CT molecular complexity index is 582. The third-order valence-corrected chi connectivity index (χ3v) is 4.09. The first kappa shape index (κ1) is 13.4. The number of carbonyl (C=O) groups excluding carboxylic acids is 1. The number of hydrogen-bond acceptors (Lipinski definition) is 4. The molecule has 2 aliphatic heterocycles. The monoisotopic (exact) mass is 341 g/mol. The maximum absolute atomic E-state index is 12.1. The minimum absolute atomic E-state index is 0.0393. The van der Waals surface area contributed by atoms with Gasteiger partial charge in [0.25, 0.3) is 5.91 Å². The number of halogens is 1. The number of rotatable bonds is 2. The van der Waals surface area contributed by atoms with Crippen LogP contribution in [0.25, 0.3) is 0 Å². The van der Waals surface area contributed by atoms with Gasteiger partial charge in [0.15, 0.2) is 6.61 Å². The van der Waals surface area contributed by atoms with Gasteiger partial charge in [-0.15, -0.1) is 0 Å². The highest BCUT2D eigenvalue weighted by atomic mass is 79.9. The number of aromatic carboxylic acids is 1. The quantitative estimate of drug-likeness (QED) is 0.885. The van der Waals surface area contributed by atoms with Crippen LogP contribution < -0.4 is 9.64 Å². The van der Waals surface area contributed by atoms with Crippen LogP contribution in [-0.4, -0.2) is 42.8 Å². The van der Waals surface area contributed by atoms with Crippen LogP contribution in [0.1, 0.15) is 16.8 Å². The molecule has 0 bridgehead atoms. The molecule has 1 unspecified atom stereocenters. The first-order valence-corrected chi connectivity index (χ1v) is 6.96. The molecule has 1 amide bonds. The van der Waals surface area contributed by atoms with E-state index in [1.54, 1.807) is 11.0 Å². The Morgan fingerprint density at radius 2 is 2.25 bits per heavy atom. The fraction of sp³-hybridized carbons (Fsp3) is 0.385. The molecule has 0 aliphatic carbocycles. The van der Waals surface area contributed by atoms with Crippen LogP contribution in [0.5, 0.6) is 5.75 Å². The molecule has 2 aliphatic rings. The minimum atomic E-state index is -1.06. The molecule has 1 N–H and O–H groups in total. The highest BCUT2D eigenvalue weighted by molar-refractivity contribution is 9.10. The van der Waals surface area contributed by atoms with Crippen molar-refractivity contribution in [2.45, 2.75) is 12.5 Å². The van der Waals surface area contributed by atoms with E-state index >= 15 is 0 Å². The topological polar surface area (TPSA) is 76.1 Å². The van der Waals surface area contributed by atoms with E-state index in [9.17, 15) is 14.7 Å². The maximum Gasteiger partial charge on any atom is 0.336 e. The third kappa shape index (κ3) is 2.16. The Hall–Kier alpha value is -1.60. The normalized spacial score (nSPS) is 21.6. The van der Waals surface area contributed by atoms with E-state index in [2.05, 4.69) is 15.9 Å². The van der Waals surface area contributed by atoms with Crippen molar-refractivity contribution in [1.82, 2.24) is 0 Å². The molecule has 1 saturated heterocycles. The highest BCUT2D eigenvalue weighted by Crippen LogP contribution is 2.38. The Labute approximate surface area is 123 Å². The standard InChI is InChI=1S/C13H12BrNO5/c14-9-4-11-10(3-8(9)13(17)18)15(12(16)6-20-11)7-1-2-19-5-7/h3-4,7H,1-2,5-6H2,(H,17,18). The molecule has 1 fully saturated rings. The molecule has 0 aromatic heterocycles. The second-order valence-corrected chi connectivity index (χ2v) is 5.53. The van der Waals surface area contributed by atoms with Crippen LogP contribution in [0.2, 0.25) is 0 Å². The Balaban J connectivity index is 2.08. The molecule has 20 heavy (non-hydrogen) atoms. The summed E-state index contributed by atoms with van der Waals surface area (Å²) in [6, 6.07) is 3.00. The summed E-state index contributed by atoms with van der Waals surface area (Å²) < 4.78 is 11.1. The number of ether oxygens (including phenoxy) is 2. The predicted molar refractivity (Wildman–Crippen MR) is 73.3 cm³/mol. The Morgan fingerprint density at radius 1 is 1.45 bits per heavy atom. The van der Waals surface area contributed by atoms with Crippen molar-refractivity contribution in [2.24, 2.45) is 0 Å². The van der Waals surface area contributed by atoms with Gasteiger partial charge in [-0.05, 0) is 34.5 Å². The predicted octanol–water partition coefficient (Wildman–Crippen LogP) is 1.66. The van der Waals surface area contributed by atoms with Gasteiger partial charge in [-0.25, -0.2) is 4.79 Å². The lowest BCUT2D eigenvalue weighted by molar-refractivity contribution is -0.121. The molecular weight excluding hydrogens is 330 g/mol. The van der Waals surface area contributed by atoms with Crippen molar-refractivity contribution in [3.8, 4) is 5.75 Å². The van der Waals surface area contributed by atoms with Gasteiger partial charge in [-0.2, -0.15) is 0 Å². The summed E-state index contributed by atoms with van der Waals surface area (Å²) in [4.78, 5) is 24.9. The summed E-state index contributed by atoms with van der Waals surface area (Å²) in [5.41, 5.74) is 0.600. The molecule has 0 spiro atoms. The molecular formula is C13H12BrNO5. The molecule has 1 aromatic carbocycles. The van der Waals surface area contributed by atoms with Crippen molar-refractivity contribution in [2.75, 3.05) is 24.7 Å². The first-order valence-electron chi connectivity index (χ1n) is 6.17. The maximum atomic E-state index is 12.1. The van der Waals surface area contributed by atoms with Gasteiger partial charge in [0, 0.05) is 11.1 Å². The number of benzene rings is 1. The van der Waals surface area contributed by atoms with Gasteiger partial charge >= 0.3 is 5.97 Å². The van der Waals surface area contributed by atoms with Crippen LogP contribution in [-0.2, 0) is 9.53 Å². The van der Waals surface area contributed by atoms with E-state index in [1.165, 1.54) is 6.07 Å². The van der Waals surface area contributed by atoms with E-state index in [-0.39, 0.29) is 24.1 Å². The molecule has 6 nitrogen and oxygen atoms in total. The Morgan fingerprint density at radius 3 is 2.90 bits per heavy atom. The number of anilines is 1. The minimum Gasteiger partial charge on any atom is -0.482 e. The SMILES string of the molecule is O=C(O)c1cc2c(cc1Br)OCC(=O)N2C1CCOC1. The van der Waals surface area contributed by atoms with Gasteiger partial charge in [0.1, 0.15) is 5.75 Å². The van der Waals surface area contributed by atoms with Gasteiger partial charge in [-0.1, -0.05) is 0 Å². The first-order chi connectivity index (χ1) is 9.58. The van der Waals surface area contributed by atoms with Crippen LogP contribution in [0.15, 0.2) is 16.6 Å². The van der Waals surface area contributed by atoms with Gasteiger partial charge in [-0.3, -0.25) is 4.79 Å². The summed E-state index contributed by atoms with van der Waals surface area (Å²) in [6.45, 7) is 1.03. The van der Waals surface area contributed by atoms with Crippen LogP contribution in [0.4, 0.5) is 5.69 Å². The van der Waals surface area contributed by atoms with Crippen molar-refractivity contribution in [3.05, 3.63) is 22.2 Å². The van der Waals surface area contributed by atoms with Crippen LogP contribution >= 0.6 is 15.9 Å². The van der Waals surface area contributed by atoms with Crippen molar-refractivity contribution < 1.29 is 24.2 Å². The van der Waals surface area contributed by atoms with E-state index in [1.807, 2.05) is 0 Å². The number of fused-ring (bicyclic) bond motifs is 1. The summed E-state index contributed by atoms with van der Waals surface area (Å²) in [5, 5.41) is 9.19. The van der Waals surface area contributed by atoms with Crippen LogP contribution in [0.3, 0.4) is 0 Å². The lowest BCUT2D eigenvalue weighted by atomic mass is 10.1. The zero-order chi connectivity index (χ0) is 14.3. The summed E-state index contributed by atoms with van der Waals surface area (Å²) in [7, 11) is 0. The molecule has 3 rings (SSSR count). The van der Waals surface area contributed by atoms with E-state index in [0.29, 0.717) is 29.1 Å². The number of carboxylic acid groups (broad SMARTS) is 1. The smallest absolute Gasteiger partial charge is 0.336 e. The molecule has 0 radical (unpaired) electrons. The molecule has 1 aromatic rings. The molecule has 106 valence electrons. The fourth-order valence-corrected chi connectivity index (χ4v) is 2.97. The zero-order valence-corrected chi connectivity index (χ0v) is 12.1. The molecule has 0 saturated carbocycles. The summed E-state index contributed by atoms with van der Waals surface area (Å²) >= 11 is 3.21. The zero-order valence-electron chi connectivity index (χ0n) is 10.5.